The van der Waals surface area contributed by atoms with Crippen LogP contribution in [-0.4, -0.2) is 53.7 Å². The number of hydrogen-bond donors (Lipinski definition) is 0. The molecule has 0 N–H and O–H groups in total. The fourth-order valence-corrected chi connectivity index (χ4v) is 2.42. The first-order chi connectivity index (χ1) is 10.1. The van der Waals surface area contributed by atoms with Gasteiger partial charge in [0.15, 0.2) is 0 Å². The van der Waals surface area contributed by atoms with E-state index < -0.39 is 0 Å². The van der Waals surface area contributed by atoms with Crippen molar-refractivity contribution in [3.63, 3.8) is 0 Å². The van der Waals surface area contributed by atoms with E-state index in [0.717, 1.165) is 31.0 Å². The zero-order valence-corrected chi connectivity index (χ0v) is 13.1. The van der Waals surface area contributed by atoms with Crippen LogP contribution in [0.1, 0.15) is 26.5 Å². The molecule has 0 radical (unpaired) electrons. The molecule has 1 fully saturated rings. The van der Waals surface area contributed by atoms with Gasteiger partial charge in [0.05, 0.1) is 6.61 Å². The molecular formula is C15H24N4O2. The lowest BCUT2D eigenvalue weighted by Crippen LogP contribution is -2.49. The van der Waals surface area contributed by atoms with Crippen molar-refractivity contribution in [3.05, 3.63) is 18.1 Å². The molecule has 1 saturated heterocycles. The SMILES string of the molecule is CCOC(=O)N1CCN(c2cc(CC(C)C)ncn2)CC1. The molecule has 0 aliphatic carbocycles. The fourth-order valence-electron chi connectivity index (χ4n) is 2.42. The van der Waals surface area contributed by atoms with Gasteiger partial charge in [-0.1, -0.05) is 13.8 Å². The predicted molar refractivity (Wildman–Crippen MR) is 81.4 cm³/mol. The molecule has 0 spiro atoms. The summed E-state index contributed by atoms with van der Waals surface area (Å²) in [5, 5.41) is 0. The molecule has 1 aromatic rings. The number of carbonyl (C=O) groups is 1. The van der Waals surface area contributed by atoms with Crippen molar-refractivity contribution in [1.29, 1.82) is 0 Å². The van der Waals surface area contributed by atoms with Gasteiger partial charge >= 0.3 is 6.09 Å². The first-order valence-electron chi connectivity index (χ1n) is 7.57. The molecule has 0 bridgehead atoms. The van der Waals surface area contributed by atoms with Gasteiger partial charge in [0.1, 0.15) is 12.1 Å². The van der Waals surface area contributed by atoms with Crippen LogP contribution in [-0.2, 0) is 11.2 Å². The molecule has 1 aromatic heterocycles. The maximum atomic E-state index is 11.7. The van der Waals surface area contributed by atoms with Crippen molar-refractivity contribution in [2.45, 2.75) is 27.2 Å². The molecule has 0 atom stereocenters. The Morgan fingerprint density at radius 3 is 2.62 bits per heavy atom. The summed E-state index contributed by atoms with van der Waals surface area (Å²) in [5.74, 6) is 1.53. The molecule has 6 heteroatoms. The van der Waals surface area contributed by atoms with Crippen LogP contribution in [0, 0.1) is 5.92 Å². The molecule has 0 aromatic carbocycles. The second kappa shape index (κ2) is 7.24. The first kappa shape index (κ1) is 15.5. The third-order valence-corrected chi connectivity index (χ3v) is 3.46. The molecule has 1 amide bonds. The highest BCUT2D eigenvalue weighted by atomic mass is 16.6. The Balaban J connectivity index is 1.94. The third-order valence-electron chi connectivity index (χ3n) is 3.46. The minimum atomic E-state index is -0.222. The number of anilines is 1. The van der Waals surface area contributed by atoms with Crippen molar-refractivity contribution < 1.29 is 9.53 Å². The zero-order chi connectivity index (χ0) is 15.2. The Labute approximate surface area is 126 Å². The lowest BCUT2D eigenvalue weighted by atomic mass is 10.1. The topological polar surface area (TPSA) is 58.6 Å². The number of piperazine rings is 1. The summed E-state index contributed by atoms with van der Waals surface area (Å²) in [6, 6.07) is 2.06. The lowest BCUT2D eigenvalue weighted by Gasteiger charge is -2.34. The largest absolute Gasteiger partial charge is 0.450 e. The summed E-state index contributed by atoms with van der Waals surface area (Å²) in [4.78, 5) is 24.3. The van der Waals surface area contributed by atoms with E-state index in [0.29, 0.717) is 25.6 Å². The molecular weight excluding hydrogens is 268 g/mol. The number of hydrogen-bond acceptors (Lipinski definition) is 5. The molecule has 21 heavy (non-hydrogen) atoms. The van der Waals surface area contributed by atoms with Crippen molar-refractivity contribution in [2.75, 3.05) is 37.7 Å². The summed E-state index contributed by atoms with van der Waals surface area (Å²) < 4.78 is 5.03. The van der Waals surface area contributed by atoms with E-state index >= 15 is 0 Å². The Bertz CT molecular complexity index is 470. The Kier molecular flexibility index (Phi) is 5.36. The second-order valence-corrected chi connectivity index (χ2v) is 5.64. The Morgan fingerprint density at radius 1 is 1.29 bits per heavy atom. The van der Waals surface area contributed by atoms with Crippen LogP contribution in [0.25, 0.3) is 0 Å². The van der Waals surface area contributed by atoms with Crippen LogP contribution < -0.4 is 4.90 Å². The van der Waals surface area contributed by atoms with Gasteiger partial charge < -0.3 is 14.5 Å². The third kappa shape index (κ3) is 4.31. The van der Waals surface area contributed by atoms with Gasteiger partial charge in [0.25, 0.3) is 0 Å². The molecule has 1 aliphatic heterocycles. The monoisotopic (exact) mass is 292 g/mol. The maximum absolute atomic E-state index is 11.7. The molecule has 0 saturated carbocycles. The van der Waals surface area contributed by atoms with Gasteiger partial charge in [-0.15, -0.1) is 0 Å². The Hall–Kier alpha value is -1.85. The molecule has 2 rings (SSSR count). The van der Waals surface area contributed by atoms with E-state index in [2.05, 4.69) is 34.8 Å². The smallest absolute Gasteiger partial charge is 0.409 e. The quantitative estimate of drug-likeness (QED) is 0.849. The summed E-state index contributed by atoms with van der Waals surface area (Å²) >= 11 is 0. The maximum Gasteiger partial charge on any atom is 0.409 e. The highest BCUT2D eigenvalue weighted by Gasteiger charge is 2.22. The molecule has 0 unspecified atom stereocenters. The van der Waals surface area contributed by atoms with Gasteiger partial charge in [-0.05, 0) is 19.3 Å². The van der Waals surface area contributed by atoms with Crippen LogP contribution in [0.3, 0.4) is 0 Å². The first-order valence-corrected chi connectivity index (χ1v) is 7.57. The summed E-state index contributed by atoms with van der Waals surface area (Å²) in [5.41, 5.74) is 1.07. The minimum Gasteiger partial charge on any atom is -0.450 e. The van der Waals surface area contributed by atoms with E-state index in [1.54, 1.807) is 11.2 Å². The zero-order valence-electron chi connectivity index (χ0n) is 13.1. The van der Waals surface area contributed by atoms with Crippen LogP contribution >= 0.6 is 0 Å². The Morgan fingerprint density at radius 2 is 2.00 bits per heavy atom. The number of carbonyl (C=O) groups excluding carboxylic acids is 1. The molecule has 116 valence electrons. The highest BCUT2D eigenvalue weighted by molar-refractivity contribution is 5.68. The van der Waals surface area contributed by atoms with Gasteiger partial charge in [-0.3, -0.25) is 0 Å². The standard InChI is InChI=1S/C15H24N4O2/c1-4-21-15(20)19-7-5-18(6-8-19)14-10-13(9-12(2)3)16-11-17-14/h10-12H,4-9H2,1-3H3. The number of nitrogens with zero attached hydrogens (tertiary/aromatic N) is 4. The average Bonchev–Trinajstić information content (AvgIpc) is 2.47. The summed E-state index contributed by atoms with van der Waals surface area (Å²) in [6.45, 7) is 9.49. The van der Waals surface area contributed by atoms with E-state index in [9.17, 15) is 4.79 Å². The van der Waals surface area contributed by atoms with E-state index in [1.165, 1.54) is 0 Å². The predicted octanol–water partition coefficient (Wildman–Crippen LogP) is 1.95. The highest BCUT2D eigenvalue weighted by Crippen LogP contribution is 2.16. The minimum absolute atomic E-state index is 0.222. The lowest BCUT2D eigenvalue weighted by molar-refractivity contribution is 0.105. The average molecular weight is 292 g/mol. The summed E-state index contributed by atoms with van der Waals surface area (Å²) in [6.07, 6.45) is 2.36. The van der Waals surface area contributed by atoms with Crippen LogP contribution in [0.2, 0.25) is 0 Å². The van der Waals surface area contributed by atoms with Crippen LogP contribution in [0.4, 0.5) is 10.6 Å². The molecule has 1 aliphatic rings. The van der Waals surface area contributed by atoms with Gasteiger partial charge in [-0.2, -0.15) is 0 Å². The van der Waals surface area contributed by atoms with E-state index in [-0.39, 0.29) is 6.09 Å². The van der Waals surface area contributed by atoms with Gasteiger partial charge in [0.2, 0.25) is 0 Å². The van der Waals surface area contributed by atoms with Gasteiger partial charge in [0, 0.05) is 37.9 Å². The van der Waals surface area contributed by atoms with Gasteiger partial charge in [-0.25, -0.2) is 14.8 Å². The number of amides is 1. The van der Waals surface area contributed by atoms with E-state index in [4.69, 9.17) is 4.74 Å². The number of aromatic nitrogens is 2. The van der Waals surface area contributed by atoms with E-state index in [1.807, 2.05) is 6.92 Å². The number of ether oxygens (including phenoxy) is 1. The van der Waals surface area contributed by atoms with Crippen LogP contribution in [0.15, 0.2) is 12.4 Å². The fraction of sp³-hybridized carbons (Fsp3) is 0.667. The van der Waals surface area contributed by atoms with Crippen molar-refractivity contribution in [2.24, 2.45) is 5.92 Å². The molecule has 6 nitrogen and oxygen atoms in total. The van der Waals surface area contributed by atoms with Crippen molar-refractivity contribution >= 4 is 11.9 Å². The second-order valence-electron chi connectivity index (χ2n) is 5.64. The summed E-state index contributed by atoms with van der Waals surface area (Å²) in [7, 11) is 0. The van der Waals surface area contributed by atoms with Crippen LogP contribution in [0.5, 0.6) is 0 Å². The molecule has 2 heterocycles. The van der Waals surface area contributed by atoms with Crippen molar-refractivity contribution in [3.8, 4) is 0 Å². The van der Waals surface area contributed by atoms with Crippen molar-refractivity contribution in [1.82, 2.24) is 14.9 Å². The normalized spacial score (nSPS) is 15.4. The number of rotatable bonds is 4.